The topological polar surface area (TPSA) is 62.2 Å². The molecule has 3 aromatic rings. The fourth-order valence-corrected chi connectivity index (χ4v) is 3.41. The van der Waals surface area contributed by atoms with Crippen LogP contribution in [0.15, 0.2) is 72.8 Å². The minimum absolute atomic E-state index is 0.209. The molecule has 0 aromatic heterocycles. The van der Waals surface area contributed by atoms with E-state index in [-0.39, 0.29) is 22.7 Å². The van der Waals surface area contributed by atoms with Crippen LogP contribution in [-0.4, -0.2) is 28.5 Å². The first-order chi connectivity index (χ1) is 14.2. The fourth-order valence-electron chi connectivity index (χ4n) is 3.41. The molecule has 1 fully saturated rings. The summed E-state index contributed by atoms with van der Waals surface area (Å²) in [5, 5.41) is 19.4. The molecule has 3 aromatic carbocycles. The van der Waals surface area contributed by atoms with Gasteiger partial charge in [-0.1, -0.05) is 12.1 Å². The van der Waals surface area contributed by atoms with Crippen LogP contribution in [0.4, 0.5) is 17.1 Å². The van der Waals surface area contributed by atoms with E-state index >= 15 is 0 Å². The van der Waals surface area contributed by atoms with E-state index < -0.39 is 7.12 Å². The molecule has 1 aliphatic rings. The van der Waals surface area contributed by atoms with Crippen LogP contribution >= 0.6 is 0 Å². The molecule has 0 radical (unpaired) electrons. The van der Waals surface area contributed by atoms with E-state index in [4.69, 9.17) is 9.31 Å². The Morgan fingerprint density at radius 1 is 0.600 bits per heavy atom. The predicted octanol–water partition coefficient (Wildman–Crippen LogP) is 4.87. The van der Waals surface area contributed by atoms with Crippen LogP contribution in [0.2, 0.25) is 0 Å². The van der Waals surface area contributed by atoms with Crippen molar-refractivity contribution in [3.63, 3.8) is 0 Å². The number of benzene rings is 3. The van der Waals surface area contributed by atoms with E-state index in [1.165, 1.54) is 0 Å². The summed E-state index contributed by atoms with van der Waals surface area (Å²) < 4.78 is 12.3. The van der Waals surface area contributed by atoms with E-state index in [9.17, 15) is 10.2 Å². The standard InChI is InChI=1S/C24H26BNO4/c1-23(2)24(3,4)30-25(29-23)17-5-7-18(8-6-17)26(19-9-13-21(27)14-10-19)20-11-15-22(28)16-12-20/h5-16,27-28H,1-4H3. The second-order valence-corrected chi connectivity index (χ2v) is 8.55. The largest absolute Gasteiger partial charge is 0.508 e. The van der Waals surface area contributed by atoms with Gasteiger partial charge in [0.05, 0.1) is 11.2 Å². The summed E-state index contributed by atoms with van der Waals surface area (Å²) in [7, 11) is -0.417. The third-order valence-electron chi connectivity index (χ3n) is 5.89. The van der Waals surface area contributed by atoms with Gasteiger partial charge in [-0.05, 0) is 93.8 Å². The first-order valence-corrected chi connectivity index (χ1v) is 10.0. The van der Waals surface area contributed by atoms with Crippen LogP contribution in [0, 0.1) is 0 Å². The number of anilines is 3. The summed E-state index contributed by atoms with van der Waals surface area (Å²) in [5.74, 6) is 0.418. The Morgan fingerprint density at radius 2 is 0.933 bits per heavy atom. The van der Waals surface area contributed by atoms with E-state index in [1.807, 2.05) is 81.1 Å². The smallest absolute Gasteiger partial charge is 0.494 e. The molecule has 0 bridgehead atoms. The average Bonchev–Trinajstić information content (AvgIpc) is 2.93. The molecule has 0 unspecified atom stereocenters. The number of hydrogen-bond acceptors (Lipinski definition) is 5. The Bertz CT molecular complexity index is 953. The molecule has 2 N–H and O–H groups in total. The molecular weight excluding hydrogens is 377 g/mol. The lowest BCUT2D eigenvalue weighted by molar-refractivity contribution is 0.00578. The van der Waals surface area contributed by atoms with Crippen molar-refractivity contribution >= 4 is 29.6 Å². The van der Waals surface area contributed by atoms with Gasteiger partial charge in [0, 0.05) is 17.1 Å². The van der Waals surface area contributed by atoms with Gasteiger partial charge >= 0.3 is 7.12 Å². The molecule has 1 aliphatic heterocycles. The lowest BCUT2D eigenvalue weighted by Gasteiger charge is -2.32. The summed E-state index contributed by atoms with van der Waals surface area (Å²) in [5.41, 5.74) is 2.89. The third-order valence-corrected chi connectivity index (χ3v) is 5.89. The van der Waals surface area contributed by atoms with Crippen LogP contribution < -0.4 is 10.4 Å². The first kappa shape index (κ1) is 20.3. The second kappa shape index (κ2) is 7.38. The third kappa shape index (κ3) is 3.76. The first-order valence-electron chi connectivity index (χ1n) is 10.0. The fraction of sp³-hybridized carbons (Fsp3) is 0.250. The van der Waals surface area contributed by atoms with Crippen molar-refractivity contribution < 1.29 is 19.5 Å². The Kier molecular flexibility index (Phi) is 5.00. The van der Waals surface area contributed by atoms with Gasteiger partial charge in [0.1, 0.15) is 11.5 Å². The van der Waals surface area contributed by atoms with Crippen molar-refractivity contribution in [2.45, 2.75) is 38.9 Å². The van der Waals surface area contributed by atoms with Gasteiger partial charge in [0.2, 0.25) is 0 Å². The molecule has 30 heavy (non-hydrogen) atoms. The molecular formula is C24H26BNO4. The van der Waals surface area contributed by atoms with Gasteiger partial charge in [-0.15, -0.1) is 0 Å². The number of hydrogen-bond donors (Lipinski definition) is 2. The molecule has 0 aliphatic carbocycles. The van der Waals surface area contributed by atoms with Crippen LogP contribution in [0.25, 0.3) is 0 Å². The van der Waals surface area contributed by atoms with Crippen molar-refractivity contribution in [3.8, 4) is 11.5 Å². The van der Waals surface area contributed by atoms with Gasteiger partial charge < -0.3 is 24.4 Å². The summed E-state index contributed by atoms with van der Waals surface area (Å²) in [6, 6.07) is 22.1. The summed E-state index contributed by atoms with van der Waals surface area (Å²) in [4.78, 5) is 2.05. The van der Waals surface area contributed by atoms with Crippen LogP contribution in [-0.2, 0) is 9.31 Å². The van der Waals surface area contributed by atoms with E-state index in [1.54, 1.807) is 24.3 Å². The highest BCUT2D eigenvalue weighted by Crippen LogP contribution is 2.38. The minimum atomic E-state index is -0.417. The van der Waals surface area contributed by atoms with Crippen molar-refractivity contribution in [1.29, 1.82) is 0 Å². The summed E-state index contributed by atoms with van der Waals surface area (Å²) in [6.45, 7) is 8.16. The molecule has 4 rings (SSSR count). The zero-order valence-electron chi connectivity index (χ0n) is 17.7. The Balaban J connectivity index is 1.68. The summed E-state index contributed by atoms with van der Waals surface area (Å²) in [6.07, 6.45) is 0. The van der Waals surface area contributed by atoms with E-state index in [0.717, 1.165) is 22.5 Å². The van der Waals surface area contributed by atoms with Gasteiger partial charge in [-0.3, -0.25) is 0 Å². The molecule has 0 amide bonds. The van der Waals surface area contributed by atoms with Crippen molar-refractivity contribution in [3.05, 3.63) is 72.8 Å². The normalized spacial score (nSPS) is 17.1. The van der Waals surface area contributed by atoms with Gasteiger partial charge in [0.25, 0.3) is 0 Å². The maximum absolute atomic E-state index is 9.68. The van der Waals surface area contributed by atoms with E-state index in [0.29, 0.717) is 0 Å². The number of phenols is 2. The highest BCUT2D eigenvalue weighted by molar-refractivity contribution is 6.62. The van der Waals surface area contributed by atoms with Gasteiger partial charge in [-0.25, -0.2) is 0 Å². The van der Waals surface area contributed by atoms with Crippen molar-refractivity contribution in [2.24, 2.45) is 0 Å². The zero-order chi connectivity index (χ0) is 21.5. The minimum Gasteiger partial charge on any atom is -0.508 e. The molecule has 5 nitrogen and oxygen atoms in total. The second-order valence-electron chi connectivity index (χ2n) is 8.55. The molecule has 0 saturated carbocycles. The zero-order valence-corrected chi connectivity index (χ0v) is 17.7. The molecule has 154 valence electrons. The van der Waals surface area contributed by atoms with Gasteiger partial charge in [-0.2, -0.15) is 0 Å². The Morgan fingerprint density at radius 3 is 1.30 bits per heavy atom. The lowest BCUT2D eigenvalue weighted by Crippen LogP contribution is -2.41. The quantitative estimate of drug-likeness (QED) is 0.609. The molecule has 0 spiro atoms. The molecule has 0 atom stereocenters. The molecule has 6 heteroatoms. The maximum Gasteiger partial charge on any atom is 0.494 e. The number of phenolic OH excluding ortho intramolecular Hbond substituents is 2. The number of aromatic hydroxyl groups is 2. The number of nitrogens with zero attached hydrogens (tertiary/aromatic N) is 1. The van der Waals surface area contributed by atoms with Crippen LogP contribution in [0.1, 0.15) is 27.7 Å². The maximum atomic E-state index is 9.68. The van der Waals surface area contributed by atoms with E-state index in [2.05, 4.69) is 0 Å². The lowest BCUT2D eigenvalue weighted by atomic mass is 9.79. The highest BCUT2D eigenvalue weighted by atomic mass is 16.7. The van der Waals surface area contributed by atoms with Crippen molar-refractivity contribution in [1.82, 2.24) is 0 Å². The Labute approximate surface area is 177 Å². The van der Waals surface area contributed by atoms with Crippen molar-refractivity contribution in [2.75, 3.05) is 4.90 Å². The SMILES string of the molecule is CC1(C)OB(c2ccc(N(c3ccc(O)cc3)c3ccc(O)cc3)cc2)OC1(C)C. The summed E-state index contributed by atoms with van der Waals surface area (Å²) >= 11 is 0. The average molecular weight is 403 g/mol. The Hall–Kier alpha value is -2.96. The monoisotopic (exact) mass is 403 g/mol. The number of rotatable bonds is 4. The van der Waals surface area contributed by atoms with Gasteiger partial charge in [0.15, 0.2) is 0 Å². The predicted molar refractivity (Wildman–Crippen MR) is 120 cm³/mol. The highest BCUT2D eigenvalue weighted by Gasteiger charge is 2.51. The van der Waals surface area contributed by atoms with Crippen LogP contribution in [0.3, 0.4) is 0 Å². The molecule has 1 saturated heterocycles. The molecule has 1 heterocycles. The van der Waals surface area contributed by atoms with Crippen LogP contribution in [0.5, 0.6) is 11.5 Å².